The molecule has 88 valence electrons. The Hall–Kier alpha value is -1.95. The first kappa shape index (κ1) is 10.2. The molecule has 0 amide bonds. The summed E-state index contributed by atoms with van der Waals surface area (Å²) in [5.74, 6) is 1.16. The Bertz CT molecular complexity index is 585. The zero-order valence-electron chi connectivity index (χ0n) is 9.27. The summed E-state index contributed by atoms with van der Waals surface area (Å²) >= 11 is 0. The molecule has 6 nitrogen and oxygen atoms in total. The summed E-state index contributed by atoms with van der Waals surface area (Å²) < 4.78 is 10.1. The Kier molecular flexibility index (Phi) is 2.12. The van der Waals surface area contributed by atoms with Crippen LogP contribution in [0.3, 0.4) is 0 Å². The Morgan fingerprint density at radius 2 is 2.18 bits per heavy atom. The quantitative estimate of drug-likeness (QED) is 0.792. The van der Waals surface area contributed by atoms with Gasteiger partial charge in [0.2, 0.25) is 0 Å². The van der Waals surface area contributed by atoms with Gasteiger partial charge in [-0.15, -0.1) is 0 Å². The smallest absolute Gasteiger partial charge is 0.170 e. The largest absolute Gasteiger partial charge is 0.361 e. The predicted octanol–water partition coefficient (Wildman–Crippen LogP) is 1.09. The molecule has 17 heavy (non-hydrogen) atoms. The SMILES string of the molecule is Cc1cc(-c2noc3c2C(=O)CC(N)C3)no1. The van der Waals surface area contributed by atoms with Crippen LogP contribution in [0.15, 0.2) is 15.1 Å². The van der Waals surface area contributed by atoms with Crippen LogP contribution in [0.2, 0.25) is 0 Å². The maximum atomic E-state index is 11.9. The van der Waals surface area contributed by atoms with E-state index in [1.54, 1.807) is 13.0 Å². The summed E-state index contributed by atoms with van der Waals surface area (Å²) in [5.41, 5.74) is 7.23. The second kappa shape index (κ2) is 3.53. The molecule has 3 rings (SSSR count). The van der Waals surface area contributed by atoms with Crippen LogP contribution >= 0.6 is 0 Å². The van der Waals surface area contributed by atoms with Crippen molar-refractivity contribution in [1.82, 2.24) is 10.3 Å². The first-order valence-corrected chi connectivity index (χ1v) is 5.36. The van der Waals surface area contributed by atoms with Crippen LogP contribution in [-0.2, 0) is 6.42 Å². The van der Waals surface area contributed by atoms with Crippen LogP contribution in [0, 0.1) is 6.92 Å². The zero-order chi connectivity index (χ0) is 12.0. The highest BCUT2D eigenvalue weighted by atomic mass is 16.5. The van der Waals surface area contributed by atoms with Crippen molar-refractivity contribution in [3.05, 3.63) is 23.2 Å². The van der Waals surface area contributed by atoms with Crippen molar-refractivity contribution in [3.63, 3.8) is 0 Å². The number of nitrogens with two attached hydrogens (primary N) is 1. The fraction of sp³-hybridized carbons (Fsp3) is 0.364. The van der Waals surface area contributed by atoms with Gasteiger partial charge in [-0.25, -0.2) is 0 Å². The lowest BCUT2D eigenvalue weighted by atomic mass is 9.91. The van der Waals surface area contributed by atoms with E-state index in [0.717, 1.165) is 0 Å². The highest BCUT2D eigenvalue weighted by Gasteiger charge is 2.31. The van der Waals surface area contributed by atoms with Crippen LogP contribution in [0.25, 0.3) is 11.4 Å². The van der Waals surface area contributed by atoms with Gasteiger partial charge in [0.1, 0.15) is 22.9 Å². The number of fused-ring (bicyclic) bond motifs is 1. The molecule has 1 unspecified atom stereocenters. The van der Waals surface area contributed by atoms with Crippen LogP contribution in [-0.4, -0.2) is 22.1 Å². The molecule has 2 heterocycles. The Morgan fingerprint density at radius 1 is 1.35 bits per heavy atom. The lowest BCUT2D eigenvalue weighted by Gasteiger charge is -2.14. The number of Topliss-reactive ketones (excluding diaryl/α,β-unsaturated/α-hetero) is 1. The molecule has 2 aromatic rings. The Morgan fingerprint density at radius 3 is 2.88 bits per heavy atom. The fourth-order valence-electron chi connectivity index (χ4n) is 2.05. The minimum atomic E-state index is -0.185. The number of aryl methyl sites for hydroxylation is 1. The molecular weight excluding hydrogens is 222 g/mol. The third-order valence-corrected chi connectivity index (χ3v) is 2.81. The van der Waals surface area contributed by atoms with Gasteiger partial charge in [-0.3, -0.25) is 4.79 Å². The first-order valence-electron chi connectivity index (χ1n) is 5.36. The van der Waals surface area contributed by atoms with Crippen molar-refractivity contribution in [2.24, 2.45) is 5.73 Å². The van der Waals surface area contributed by atoms with Crippen molar-refractivity contribution in [3.8, 4) is 11.4 Å². The Balaban J connectivity index is 2.12. The van der Waals surface area contributed by atoms with Gasteiger partial charge in [-0.2, -0.15) is 0 Å². The third kappa shape index (κ3) is 1.57. The van der Waals surface area contributed by atoms with Crippen molar-refractivity contribution < 1.29 is 13.8 Å². The van der Waals surface area contributed by atoms with Gasteiger partial charge in [0.15, 0.2) is 5.78 Å². The second-order valence-electron chi connectivity index (χ2n) is 4.24. The molecule has 1 aliphatic carbocycles. The lowest BCUT2D eigenvalue weighted by molar-refractivity contribution is 0.0962. The highest BCUT2D eigenvalue weighted by Crippen LogP contribution is 2.30. The van der Waals surface area contributed by atoms with E-state index >= 15 is 0 Å². The van der Waals surface area contributed by atoms with E-state index in [0.29, 0.717) is 41.3 Å². The molecule has 6 heteroatoms. The van der Waals surface area contributed by atoms with Gasteiger partial charge in [0.05, 0.1) is 5.56 Å². The van der Waals surface area contributed by atoms with Crippen molar-refractivity contribution in [2.45, 2.75) is 25.8 Å². The lowest BCUT2D eigenvalue weighted by Crippen LogP contribution is -2.31. The van der Waals surface area contributed by atoms with Gasteiger partial charge < -0.3 is 14.8 Å². The maximum Gasteiger partial charge on any atom is 0.170 e. The number of hydrogen-bond acceptors (Lipinski definition) is 6. The van der Waals surface area contributed by atoms with E-state index in [1.807, 2.05) is 0 Å². The number of carbonyl (C=O) groups excluding carboxylic acids is 1. The predicted molar refractivity (Wildman–Crippen MR) is 57.4 cm³/mol. The van der Waals surface area contributed by atoms with Crippen LogP contribution in [0.1, 0.15) is 28.3 Å². The van der Waals surface area contributed by atoms with Crippen LogP contribution in [0.5, 0.6) is 0 Å². The van der Waals surface area contributed by atoms with Gasteiger partial charge in [0, 0.05) is 24.9 Å². The number of carbonyl (C=O) groups is 1. The summed E-state index contributed by atoms with van der Waals surface area (Å²) in [7, 11) is 0. The topological polar surface area (TPSA) is 95.2 Å². The summed E-state index contributed by atoms with van der Waals surface area (Å²) in [6.07, 6.45) is 0.850. The van der Waals surface area contributed by atoms with Crippen LogP contribution in [0.4, 0.5) is 0 Å². The summed E-state index contributed by atoms with van der Waals surface area (Å²) in [6.45, 7) is 1.78. The van der Waals surface area contributed by atoms with Crippen molar-refractivity contribution in [2.75, 3.05) is 0 Å². The number of nitrogens with zero attached hydrogens (tertiary/aromatic N) is 2. The molecule has 2 aromatic heterocycles. The molecule has 0 radical (unpaired) electrons. The minimum Gasteiger partial charge on any atom is -0.361 e. The molecule has 0 saturated carbocycles. The molecule has 0 fully saturated rings. The molecule has 0 aliphatic heterocycles. The monoisotopic (exact) mass is 233 g/mol. The zero-order valence-corrected chi connectivity index (χ0v) is 9.27. The summed E-state index contributed by atoms with van der Waals surface area (Å²) in [5, 5.41) is 7.73. The van der Waals surface area contributed by atoms with E-state index < -0.39 is 0 Å². The molecular formula is C11H11N3O3. The standard InChI is InChI=1S/C11H11N3O3/c1-5-2-7(13-16-5)11-10-8(15)3-6(12)4-9(10)17-14-11/h2,6H,3-4,12H2,1H3. The fourth-order valence-corrected chi connectivity index (χ4v) is 2.05. The Labute approximate surface area is 96.7 Å². The van der Waals surface area contributed by atoms with Gasteiger partial charge in [-0.05, 0) is 6.92 Å². The highest BCUT2D eigenvalue weighted by molar-refractivity contribution is 6.03. The van der Waals surface area contributed by atoms with Crippen molar-refractivity contribution in [1.29, 1.82) is 0 Å². The van der Waals surface area contributed by atoms with E-state index in [-0.39, 0.29) is 11.8 Å². The van der Waals surface area contributed by atoms with Crippen molar-refractivity contribution >= 4 is 5.78 Å². The van der Waals surface area contributed by atoms with E-state index in [2.05, 4.69) is 10.3 Å². The molecule has 0 spiro atoms. The van der Waals surface area contributed by atoms with E-state index in [9.17, 15) is 4.79 Å². The molecule has 0 bridgehead atoms. The third-order valence-electron chi connectivity index (χ3n) is 2.81. The first-order chi connectivity index (χ1) is 8.15. The van der Waals surface area contributed by atoms with Gasteiger partial charge in [0.25, 0.3) is 0 Å². The molecule has 2 N–H and O–H groups in total. The number of hydrogen-bond donors (Lipinski definition) is 1. The second-order valence-corrected chi connectivity index (χ2v) is 4.24. The molecule has 0 aromatic carbocycles. The number of ketones is 1. The summed E-state index contributed by atoms with van der Waals surface area (Å²) in [4.78, 5) is 11.9. The van der Waals surface area contributed by atoms with Gasteiger partial charge in [-0.1, -0.05) is 10.3 Å². The molecule has 1 aliphatic rings. The van der Waals surface area contributed by atoms with Crippen LogP contribution < -0.4 is 5.73 Å². The molecule has 1 atom stereocenters. The number of aromatic nitrogens is 2. The maximum absolute atomic E-state index is 11.9. The normalized spacial score (nSPS) is 19.4. The minimum absolute atomic E-state index is 0.0457. The average molecular weight is 233 g/mol. The number of rotatable bonds is 1. The average Bonchev–Trinajstić information content (AvgIpc) is 2.83. The summed E-state index contributed by atoms with van der Waals surface area (Å²) in [6, 6.07) is 1.54. The van der Waals surface area contributed by atoms with Gasteiger partial charge >= 0.3 is 0 Å². The van der Waals surface area contributed by atoms with E-state index in [1.165, 1.54) is 0 Å². The molecule has 0 saturated heterocycles. The van der Waals surface area contributed by atoms with E-state index in [4.69, 9.17) is 14.8 Å².